The van der Waals surface area contributed by atoms with Gasteiger partial charge in [0.15, 0.2) is 0 Å². The molecule has 8 nitrogen and oxygen atoms in total. The van der Waals surface area contributed by atoms with E-state index in [-0.39, 0.29) is 11.6 Å². The average Bonchev–Trinajstić information content (AvgIpc) is 3.34. The molecule has 3 heterocycles. The second-order valence-electron chi connectivity index (χ2n) is 7.15. The molecule has 0 atom stereocenters. The van der Waals surface area contributed by atoms with Gasteiger partial charge in [0.25, 0.3) is 11.6 Å². The first-order chi connectivity index (χ1) is 12.6. The summed E-state index contributed by atoms with van der Waals surface area (Å²) in [5.74, 6) is -0.133. The van der Waals surface area contributed by atoms with Crippen molar-refractivity contribution in [3.8, 4) is 5.69 Å². The predicted octanol–water partition coefficient (Wildman–Crippen LogP) is 2.00. The number of imidazole rings is 1. The van der Waals surface area contributed by atoms with Crippen LogP contribution in [0.5, 0.6) is 0 Å². The number of nitrogens with one attached hydrogen (secondary N) is 1. The zero-order chi connectivity index (χ0) is 18.1. The smallest absolute Gasteiger partial charge is 0.294 e. The summed E-state index contributed by atoms with van der Waals surface area (Å²) in [5, 5.41) is 14.9. The largest absolute Gasteiger partial charge is 0.339 e. The normalized spacial score (nSPS) is 19.0. The lowest BCUT2D eigenvalue weighted by Crippen LogP contribution is -2.44. The molecule has 2 fully saturated rings. The van der Waals surface area contributed by atoms with Crippen molar-refractivity contribution in [2.24, 2.45) is 5.41 Å². The van der Waals surface area contributed by atoms with Crippen molar-refractivity contribution in [1.29, 1.82) is 0 Å². The van der Waals surface area contributed by atoms with E-state index in [9.17, 15) is 14.9 Å². The Hall–Kier alpha value is -2.74. The van der Waals surface area contributed by atoms with E-state index in [1.165, 1.54) is 18.8 Å². The van der Waals surface area contributed by atoms with Crippen LogP contribution in [0.1, 0.15) is 29.6 Å². The zero-order valence-electron chi connectivity index (χ0n) is 14.4. The monoisotopic (exact) mass is 355 g/mol. The Balaban J connectivity index is 1.55. The Bertz CT molecular complexity index is 817. The molecule has 0 bridgehead atoms. The van der Waals surface area contributed by atoms with E-state index >= 15 is 0 Å². The van der Waals surface area contributed by atoms with Crippen LogP contribution in [-0.4, -0.2) is 51.5 Å². The van der Waals surface area contributed by atoms with Gasteiger partial charge in [-0.1, -0.05) is 0 Å². The van der Waals surface area contributed by atoms with E-state index in [2.05, 4.69) is 10.3 Å². The van der Waals surface area contributed by atoms with Crippen LogP contribution in [0.2, 0.25) is 0 Å². The molecule has 0 saturated carbocycles. The summed E-state index contributed by atoms with van der Waals surface area (Å²) in [6, 6.07) is 4.64. The van der Waals surface area contributed by atoms with E-state index in [0.717, 1.165) is 25.9 Å². The standard InChI is InChI=1S/C18H21N5O3/c24-17(21-8-4-18(5-9-21)3-6-19-12-18)14-1-2-15(16(11-14)23(25)26)22-10-7-20-13-22/h1-2,7,10-11,13,19H,3-6,8-9,12H2. The average molecular weight is 355 g/mol. The summed E-state index contributed by atoms with van der Waals surface area (Å²) >= 11 is 0. The molecule has 2 saturated heterocycles. The molecule has 1 N–H and O–H groups in total. The van der Waals surface area contributed by atoms with Gasteiger partial charge < -0.3 is 14.8 Å². The Morgan fingerprint density at radius 1 is 1.27 bits per heavy atom. The van der Waals surface area contributed by atoms with Crippen LogP contribution in [0.4, 0.5) is 5.69 Å². The van der Waals surface area contributed by atoms with E-state index in [0.29, 0.717) is 29.8 Å². The maximum absolute atomic E-state index is 12.8. The first-order valence-electron chi connectivity index (χ1n) is 8.85. The van der Waals surface area contributed by atoms with Gasteiger partial charge in [-0.05, 0) is 43.4 Å². The van der Waals surface area contributed by atoms with Crippen LogP contribution >= 0.6 is 0 Å². The van der Waals surface area contributed by atoms with Crippen molar-refractivity contribution in [3.63, 3.8) is 0 Å². The van der Waals surface area contributed by atoms with Crippen molar-refractivity contribution >= 4 is 11.6 Å². The Labute approximate surface area is 151 Å². The number of aromatic nitrogens is 2. The van der Waals surface area contributed by atoms with Crippen LogP contribution in [0, 0.1) is 15.5 Å². The fourth-order valence-electron chi connectivity index (χ4n) is 4.01. The predicted molar refractivity (Wildman–Crippen MR) is 95.3 cm³/mol. The molecule has 0 radical (unpaired) electrons. The summed E-state index contributed by atoms with van der Waals surface area (Å²) in [7, 11) is 0. The third-order valence-electron chi connectivity index (χ3n) is 5.65. The molecule has 26 heavy (non-hydrogen) atoms. The Morgan fingerprint density at radius 2 is 2.08 bits per heavy atom. The van der Waals surface area contributed by atoms with Crippen molar-refractivity contribution < 1.29 is 9.72 Å². The molecule has 1 aromatic carbocycles. The number of amides is 1. The van der Waals surface area contributed by atoms with Gasteiger partial charge in [0, 0.05) is 43.7 Å². The number of hydrogen-bond acceptors (Lipinski definition) is 5. The van der Waals surface area contributed by atoms with Gasteiger partial charge in [0.1, 0.15) is 5.69 Å². The van der Waals surface area contributed by atoms with Gasteiger partial charge in [-0.15, -0.1) is 0 Å². The molecular formula is C18H21N5O3. The quantitative estimate of drug-likeness (QED) is 0.671. The van der Waals surface area contributed by atoms with Crippen LogP contribution in [-0.2, 0) is 0 Å². The van der Waals surface area contributed by atoms with E-state index in [1.807, 2.05) is 4.90 Å². The van der Waals surface area contributed by atoms with Crippen molar-refractivity contribution in [2.75, 3.05) is 26.2 Å². The topological polar surface area (TPSA) is 93.3 Å². The third kappa shape index (κ3) is 2.96. The zero-order valence-corrected chi connectivity index (χ0v) is 14.4. The summed E-state index contributed by atoms with van der Waals surface area (Å²) in [5.41, 5.74) is 0.996. The Kier molecular flexibility index (Phi) is 4.20. The molecule has 8 heteroatoms. The molecule has 4 rings (SSSR count). The number of nitro benzene ring substituents is 1. The lowest BCUT2D eigenvalue weighted by molar-refractivity contribution is -0.384. The van der Waals surface area contributed by atoms with E-state index in [4.69, 9.17) is 0 Å². The van der Waals surface area contributed by atoms with Crippen LogP contribution in [0.25, 0.3) is 5.69 Å². The van der Waals surface area contributed by atoms with Gasteiger partial charge in [-0.2, -0.15) is 0 Å². The molecule has 1 spiro atoms. The second kappa shape index (κ2) is 6.53. The number of nitrogens with zero attached hydrogens (tertiary/aromatic N) is 4. The van der Waals surface area contributed by atoms with Gasteiger partial charge >= 0.3 is 0 Å². The lowest BCUT2D eigenvalue weighted by atomic mass is 9.78. The van der Waals surface area contributed by atoms with E-state index in [1.54, 1.807) is 29.1 Å². The van der Waals surface area contributed by atoms with Gasteiger partial charge in [0.05, 0.1) is 11.3 Å². The molecule has 2 aliphatic rings. The molecule has 1 amide bonds. The summed E-state index contributed by atoms with van der Waals surface area (Å²) in [6.45, 7) is 3.49. The minimum atomic E-state index is -0.457. The first kappa shape index (κ1) is 16.7. The number of benzene rings is 1. The minimum absolute atomic E-state index is 0.0951. The maximum Gasteiger partial charge on any atom is 0.294 e. The third-order valence-corrected chi connectivity index (χ3v) is 5.65. The van der Waals surface area contributed by atoms with Crippen molar-refractivity contribution in [2.45, 2.75) is 19.3 Å². The summed E-state index contributed by atoms with van der Waals surface area (Å²) in [6.07, 6.45) is 7.85. The van der Waals surface area contributed by atoms with Crippen molar-refractivity contribution in [1.82, 2.24) is 19.8 Å². The SMILES string of the molecule is O=C(c1ccc(-n2ccnc2)c([N+](=O)[O-])c1)N1CCC2(CCNC2)CC1. The van der Waals surface area contributed by atoms with Crippen LogP contribution in [0.3, 0.4) is 0 Å². The van der Waals surface area contributed by atoms with Crippen molar-refractivity contribution in [3.05, 3.63) is 52.6 Å². The number of piperidine rings is 1. The minimum Gasteiger partial charge on any atom is -0.339 e. The summed E-state index contributed by atoms with van der Waals surface area (Å²) in [4.78, 5) is 29.6. The van der Waals surface area contributed by atoms with Gasteiger partial charge in [-0.25, -0.2) is 4.98 Å². The summed E-state index contributed by atoms with van der Waals surface area (Å²) < 4.78 is 1.57. The van der Waals surface area contributed by atoms with Gasteiger partial charge in [0.2, 0.25) is 0 Å². The first-order valence-corrected chi connectivity index (χ1v) is 8.85. The number of carbonyl (C=O) groups excluding carboxylic acids is 1. The number of likely N-dealkylation sites (tertiary alicyclic amines) is 1. The van der Waals surface area contributed by atoms with Gasteiger partial charge in [-0.3, -0.25) is 14.9 Å². The second-order valence-corrected chi connectivity index (χ2v) is 7.15. The van der Waals surface area contributed by atoms with E-state index < -0.39 is 4.92 Å². The highest BCUT2D eigenvalue weighted by atomic mass is 16.6. The highest BCUT2D eigenvalue weighted by molar-refractivity contribution is 5.95. The number of hydrogen-bond donors (Lipinski definition) is 1. The lowest BCUT2D eigenvalue weighted by Gasteiger charge is -2.38. The molecular weight excluding hydrogens is 334 g/mol. The number of nitro groups is 1. The fraction of sp³-hybridized carbons (Fsp3) is 0.444. The molecule has 1 aromatic heterocycles. The molecule has 136 valence electrons. The fourth-order valence-corrected chi connectivity index (χ4v) is 4.01. The molecule has 2 aromatic rings. The number of rotatable bonds is 3. The Morgan fingerprint density at radius 3 is 2.69 bits per heavy atom. The molecule has 0 aliphatic carbocycles. The maximum atomic E-state index is 12.8. The van der Waals surface area contributed by atoms with Crippen LogP contribution in [0.15, 0.2) is 36.9 Å². The van der Waals surface area contributed by atoms with Crippen LogP contribution < -0.4 is 5.32 Å². The highest BCUT2D eigenvalue weighted by Gasteiger charge is 2.38. The number of carbonyl (C=O) groups is 1. The highest BCUT2D eigenvalue weighted by Crippen LogP contribution is 2.37. The molecule has 0 unspecified atom stereocenters. The molecule has 2 aliphatic heterocycles.